The first kappa shape index (κ1) is 16.6. The topological polar surface area (TPSA) is 70.8 Å². The number of aromatic carboxylic acids is 1. The number of amides is 1. The third-order valence-electron chi connectivity index (χ3n) is 3.10. The number of furan rings is 1. The van der Waals surface area contributed by atoms with Crippen molar-refractivity contribution in [2.45, 2.75) is 12.7 Å². The van der Waals surface area contributed by atoms with Crippen LogP contribution in [-0.4, -0.2) is 28.9 Å². The maximum Gasteiger partial charge on any atom is 0.416 e. The summed E-state index contributed by atoms with van der Waals surface area (Å²) in [6.45, 7) is -0.294. The van der Waals surface area contributed by atoms with Gasteiger partial charge in [-0.1, -0.05) is 18.2 Å². The molecule has 0 unspecified atom stereocenters. The lowest BCUT2D eigenvalue weighted by Crippen LogP contribution is -2.27. The number of nitrogens with zero attached hydrogens (tertiary/aromatic N) is 1. The van der Waals surface area contributed by atoms with Crippen LogP contribution in [0.1, 0.15) is 32.2 Å². The van der Waals surface area contributed by atoms with Crippen LogP contribution in [0.15, 0.2) is 40.8 Å². The summed E-state index contributed by atoms with van der Waals surface area (Å²) in [4.78, 5) is 23.8. The highest BCUT2D eigenvalue weighted by atomic mass is 19.4. The van der Waals surface area contributed by atoms with E-state index in [0.717, 1.165) is 23.1 Å². The molecule has 0 bridgehead atoms. The predicted octanol–water partition coefficient (Wildman–Crippen LogP) is 3.27. The fraction of sp³-hybridized carbons (Fsp3) is 0.200. The second kappa shape index (κ2) is 6.15. The summed E-state index contributed by atoms with van der Waals surface area (Å²) >= 11 is 0. The molecule has 0 spiro atoms. The summed E-state index contributed by atoms with van der Waals surface area (Å²) in [5.41, 5.74) is -0.897. The van der Waals surface area contributed by atoms with Crippen LogP contribution >= 0.6 is 0 Å². The van der Waals surface area contributed by atoms with Crippen molar-refractivity contribution in [3.8, 4) is 0 Å². The predicted molar refractivity (Wildman–Crippen MR) is 72.9 cm³/mol. The van der Waals surface area contributed by atoms with Crippen molar-refractivity contribution >= 4 is 11.9 Å². The lowest BCUT2D eigenvalue weighted by Gasteiger charge is -2.19. The lowest BCUT2D eigenvalue weighted by atomic mass is 10.1. The Morgan fingerprint density at radius 2 is 1.74 bits per heavy atom. The monoisotopic (exact) mass is 327 g/mol. The zero-order chi connectivity index (χ0) is 17.2. The van der Waals surface area contributed by atoms with Gasteiger partial charge in [0.1, 0.15) is 0 Å². The second-order valence-corrected chi connectivity index (χ2v) is 4.79. The molecule has 1 heterocycles. The van der Waals surface area contributed by atoms with Gasteiger partial charge in [0.15, 0.2) is 5.76 Å². The highest BCUT2D eigenvalue weighted by Gasteiger charge is 2.33. The summed E-state index contributed by atoms with van der Waals surface area (Å²) in [6.07, 6.45) is -4.53. The molecule has 2 aromatic rings. The molecule has 0 aliphatic heterocycles. The van der Waals surface area contributed by atoms with Crippen LogP contribution in [0, 0.1) is 0 Å². The average Bonchev–Trinajstić information content (AvgIpc) is 2.95. The van der Waals surface area contributed by atoms with E-state index < -0.39 is 29.4 Å². The smallest absolute Gasteiger partial charge is 0.416 e. The fourth-order valence-corrected chi connectivity index (χ4v) is 2.02. The molecule has 8 heteroatoms. The summed E-state index contributed by atoms with van der Waals surface area (Å²) in [7, 11) is 1.30. The maximum absolute atomic E-state index is 12.9. The number of benzene rings is 1. The number of carboxylic acid groups (broad SMARTS) is 1. The molecule has 0 saturated carbocycles. The van der Waals surface area contributed by atoms with E-state index in [2.05, 4.69) is 0 Å². The Kier molecular flexibility index (Phi) is 4.44. The molecule has 0 aliphatic carbocycles. The van der Waals surface area contributed by atoms with Crippen LogP contribution in [0.3, 0.4) is 0 Å². The van der Waals surface area contributed by atoms with E-state index in [1.54, 1.807) is 0 Å². The van der Waals surface area contributed by atoms with Crippen LogP contribution in [0.2, 0.25) is 0 Å². The highest BCUT2D eigenvalue weighted by molar-refractivity contribution is 5.93. The number of hydrogen-bond acceptors (Lipinski definition) is 3. The van der Waals surface area contributed by atoms with Crippen molar-refractivity contribution in [2.24, 2.45) is 0 Å². The van der Waals surface area contributed by atoms with Gasteiger partial charge in [0.25, 0.3) is 5.91 Å². The molecule has 122 valence electrons. The second-order valence-electron chi connectivity index (χ2n) is 4.79. The van der Waals surface area contributed by atoms with Gasteiger partial charge in [0.05, 0.1) is 5.56 Å². The Balaban J connectivity index is 2.20. The van der Waals surface area contributed by atoms with Gasteiger partial charge in [-0.25, -0.2) is 4.79 Å². The average molecular weight is 327 g/mol. The molecule has 0 saturated heterocycles. The quantitative estimate of drug-likeness (QED) is 0.935. The summed E-state index contributed by atoms with van der Waals surface area (Å²) in [6, 6.07) is 7.18. The van der Waals surface area contributed by atoms with Gasteiger partial charge in [-0.3, -0.25) is 4.79 Å². The molecular formula is C15H12F3NO4. The third-order valence-corrected chi connectivity index (χ3v) is 3.10. The number of halogens is 3. The minimum atomic E-state index is -4.53. The van der Waals surface area contributed by atoms with Crippen LogP contribution in [0.4, 0.5) is 13.2 Å². The standard InChI is InChI=1S/C15H12F3NO4/c1-19(13(20)11-6-7-12(23-11)14(21)22)8-9-4-2-3-5-10(9)15(16,17)18/h2-7H,8H2,1H3,(H,21,22). The zero-order valence-electron chi connectivity index (χ0n) is 11.9. The van der Waals surface area contributed by atoms with E-state index in [9.17, 15) is 22.8 Å². The third kappa shape index (κ3) is 3.71. The van der Waals surface area contributed by atoms with Gasteiger partial charge in [-0.15, -0.1) is 0 Å². The molecule has 5 nitrogen and oxygen atoms in total. The van der Waals surface area contributed by atoms with Crippen molar-refractivity contribution in [1.82, 2.24) is 4.90 Å². The van der Waals surface area contributed by atoms with Crippen molar-refractivity contribution in [2.75, 3.05) is 7.05 Å². The van der Waals surface area contributed by atoms with Crippen molar-refractivity contribution in [3.63, 3.8) is 0 Å². The normalized spacial score (nSPS) is 11.3. The Hall–Kier alpha value is -2.77. The fourth-order valence-electron chi connectivity index (χ4n) is 2.02. The largest absolute Gasteiger partial charge is 0.475 e. The van der Waals surface area contributed by atoms with E-state index in [4.69, 9.17) is 9.52 Å². The first-order valence-electron chi connectivity index (χ1n) is 6.44. The van der Waals surface area contributed by atoms with Crippen LogP contribution in [0.5, 0.6) is 0 Å². The van der Waals surface area contributed by atoms with Crippen molar-refractivity contribution in [3.05, 3.63) is 59.0 Å². The lowest BCUT2D eigenvalue weighted by molar-refractivity contribution is -0.138. The first-order chi connectivity index (χ1) is 10.7. The van der Waals surface area contributed by atoms with Gasteiger partial charge in [0.2, 0.25) is 5.76 Å². The summed E-state index contributed by atoms with van der Waals surface area (Å²) in [5.74, 6) is -2.73. The number of carboxylic acids is 1. The van der Waals surface area contributed by atoms with Gasteiger partial charge in [0, 0.05) is 13.6 Å². The van der Waals surface area contributed by atoms with Gasteiger partial charge in [-0.2, -0.15) is 13.2 Å². The molecule has 1 N–H and O–H groups in total. The van der Waals surface area contributed by atoms with Crippen LogP contribution in [0.25, 0.3) is 0 Å². The molecule has 1 amide bonds. The molecule has 1 aromatic carbocycles. The molecule has 0 radical (unpaired) electrons. The van der Waals surface area contributed by atoms with Gasteiger partial charge >= 0.3 is 12.1 Å². The number of carbonyl (C=O) groups excluding carboxylic acids is 1. The van der Waals surface area contributed by atoms with E-state index in [-0.39, 0.29) is 17.9 Å². The molecule has 23 heavy (non-hydrogen) atoms. The Morgan fingerprint density at radius 3 is 2.30 bits per heavy atom. The Morgan fingerprint density at radius 1 is 1.13 bits per heavy atom. The van der Waals surface area contributed by atoms with Gasteiger partial charge in [-0.05, 0) is 23.8 Å². The molecule has 1 aromatic heterocycles. The minimum Gasteiger partial charge on any atom is -0.475 e. The summed E-state index contributed by atoms with van der Waals surface area (Å²) < 4.78 is 43.6. The molecule has 2 rings (SSSR count). The van der Waals surface area contributed by atoms with E-state index in [1.807, 2.05) is 0 Å². The van der Waals surface area contributed by atoms with E-state index in [0.29, 0.717) is 0 Å². The van der Waals surface area contributed by atoms with Crippen molar-refractivity contribution in [1.29, 1.82) is 0 Å². The number of rotatable bonds is 4. The van der Waals surface area contributed by atoms with Crippen molar-refractivity contribution < 1.29 is 32.3 Å². The summed E-state index contributed by atoms with van der Waals surface area (Å²) in [5, 5.41) is 8.74. The Labute approximate surface area is 128 Å². The zero-order valence-corrected chi connectivity index (χ0v) is 11.9. The highest BCUT2D eigenvalue weighted by Crippen LogP contribution is 2.32. The number of alkyl halides is 3. The molecule has 0 atom stereocenters. The minimum absolute atomic E-state index is 0.0686. The number of hydrogen-bond donors (Lipinski definition) is 1. The molecule has 0 aliphatic rings. The van der Waals surface area contributed by atoms with Gasteiger partial charge < -0.3 is 14.4 Å². The first-order valence-corrected chi connectivity index (χ1v) is 6.44. The van der Waals surface area contributed by atoms with E-state index in [1.165, 1.54) is 25.2 Å². The van der Waals surface area contributed by atoms with E-state index >= 15 is 0 Å². The maximum atomic E-state index is 12.9. The van der Waals surface area contributed by atoms with Crippen LogP contribution in [-0.2, 0) is 12.7 Å². The van der Waals surface area contributed by atoms with Crippen LogP contribution < -0.4 is 0 Å². The molecular weight excluding hydrogens is 315 g/mol. The molecule has 0 fully saturated rings. The number of carbonyl (C=O) groups is 2. The Bertz CT molecular complexity index is 736. The SMILES string of the molecule is CN(Cc1ccccc1C(F)(F)F)C(=O)c1ccc(C(=O)O)o1.